The van der Waals surface area contributed by atoms with E-state index < -0.39 is 5.67 Å². The lowest BCUT2D eigenvalue weighted by molar-refractivity contribution is 0.0654. The molecule has 2 heteroatoms. The SMILES string of the molecule is CCCCCCC1CC(C)(F)C(=O)c2ccccc21. The lowest BCUT2D eigenvalue weighted by Gasteiger charge is -2.32. The molecule has 0 radical (unpaired) electrons. The highest BCUT2D eigenvalue weighted by atomic mass is 19.1. The maximum Gasteiger partial charge on any atom is 0.199 e. The average molecular weight is 262 g/mol. The minimum Gasteiger partial charge on any atom is -0.291 e. The number of halogens is 1. The molecule has 1 aromatic rings. The van der Waals surface area contributed by atoms with Crippen LogP contribution in [0.25, 0.3) is 0 Å². The molecule has 2 rings (SSSR count). The van der Waals surface area contributed by atoms with Crippen molar-refractivity contribution in [1.29, 1.82) is 0 Å². The van der Waals surface area contributed by atoms with E-state index in [4.69, 9.17) is 0 Å². The largest absolute Gasteiger partial charge is 0.291 e. The number of hydrogen-bond acceptors (Lipinski definition) is 1. The fourth-order valence-corrected chi connectivity index (χ4v) is 3.08. The van der Waals surface area contributed by atoms with E-state index in [-0.39, 0.29) is 11.7 Å². The predicted molar refractivity (Wildman–Crippen MR) is 76.4 cm³/mol. The van der Waals surface area contributed by atoms with E-state index in [1.807, 2.05) is 18.2 Å². The smallest absolute Gasteiger partial charge is 0.199 e. The van der Waals surface area contributed by atoms with E-state index in [1.54, 1.807) is 6.07 Å². The molecule has 0 amide bonds. The number of unbranched alkanes of at least 4 members (excludes halogenated alkanes) is 3. The number of ketones is 1. The van der Waals surface area contributed by atoms with Crippen LogP contribution in [0.3, 0.4) is 0 Å². The van der Waals surface area contributed by atoms with E-state index >= 15 is 0 Å². The first kappa shape index (κ1) is 14.2. The molecule has 1 nitrogen and oxygen atoms in total. The highest BCUT2D eigenvalue weighted by Crippen LogP contribution is 2.41. The molecule has 0 spiro atoms. The molecule has 1 aliphatic carbocycles. The van der Waals surface area contributed by atoms with E-state index in [0.717, 1.165) is 18.4 Å². The quantitative estimate of drug-likeness (QED) is 0.678. The molecular weight excluding hydrogens is 239 g/mol. The Kier molecular flexibility index (Phi) is 4.38. The molecule has 0 saturated heterocycles. The molecular formula is C17H23FO. The van der Waals surface area contributed by atoms with Crippen LogP contribution < -0.4 is 0 Å². The van der Waals surface area contributed by atoms with E-state index in [2.05, 4.69) is 6.92 Å². The van der Waals surface area contributed by atoms with Crippen molar-refractivity contribution < 1.29 is 9.18 Å². The van der Waals surface area contributed by atoms with Gasteiger partial charge in [0.15, 0.2) is 11.5 Å². The first-order chi connectivity index (χ1) is 9.06. The molecule has 0 aromatic heterocycles. The lowest BCUT2D eigenvalue weighted by Crippen LogP contribution is -2.37. The van der Waals surface area contributed by atoms with Gasteiger partial charge in [-0.1, -0.05) is 56.9 Å². The summed E-state index contributed by atoms with van der Waals surface area (Å²) in [4.78, 5) is 12.1. The first-order valence-electron chi connectivity index (χ1n) is 7.39. The van der Waals surface area contributed by atoms with Gasteiger partial charge >= 0.3 is 0 Å². The fraction of sp³-hybridized carbons (Fsp3) is 0.588. The van der Waals surface area contributed by atoms with Gasteiger partial charge in [0.2, 0.25) is 0 Å². The van der Waals surface area contributed by atoms with E-state index in [1.165, 1.54) is 26.2 Å². The standard InChI is InChI=1S/C17H23FO/c1-3-4-5-6-9-13-12-17(2,18)16(19)15-11-8-7-10-14(13)15/h7-8,10-11,13H,3-6,9,12H2,1-2H3. The molecule has 104 valence electrons. The van der Waals surface area contributed by atoms with E-state index in [0.29, 0.717) is 12.0 Å². The zero-order chi connectivity index (χ0) is 13.9. The Labute approximate surface area is 115 Å². The van der Waals surface area contributed by atoms with Crippen molar-refractivity contribution in [3.63, 3.8) is 0 Å². The van der Waals surface area contributed by atoms with Crippen molar-refractivity contribution in [2.75, 3.05) is 0 Å². The van der Waals surface area contributed by atoms with Crippen LogP contribution in [0.1, 0.15) is 74.2 Å². The fourth-order valence-electron chi connectivity index (χ4n) is 3.08. The minimum absolute atomic E-state index is 0.195. The lowest BCUT2D eigenvalue weighted by atomic mass is 9.73. The Morgan fingerprint density at radius 2 is 2.00 bits per heavy atom. The molecule has 1 aromatic carbocycles. The summed E-state index contributed by atoms with van der Waals surface area (Å²) in [7, 11) is 0. The number of fused-ring (bicyclic) bond motifs is 1. The molecule has 0 saturated carbocycles. The Morgan fingerprint density at radius 3 is 2.74 bits per heavy atom. The number of carbonyl (C=O) groups is 1. The van der Waals surface area contributed by atoms with Gasteiger partial charge in [-0.05, 0) is 31.2 Å². The number of Topliss-reactive ketones (excluding diaryl/α,β-unsaturated/α-hetero) is 1. The molecule has 2 unspecified atom stereocenters. The van der Waals surface area contributed by atoms with Crippen molar-refractivity contribution in [1.82, 2.24) is 0 Å². The third-order valence-electron chi connectivity index (χ3n) is 4.15. The second kappa shape index (κ2) is 5.85. The summed E-state index contributed by atoms with van der Waals surface area (Å²) in [6, 6.07) is 7.54. The van der Waals surface area contributed by atoms with Gasteiger partial charge in [0.1, 0.15) is 0 Å². The van der Waals surface area contributed by atoms with Crippen LogP contribution in [-0.2, 0) is 0 Å². The molecule has 0 aliphatic heterocycles. The average Bonchev–Trinajstić information content (AvgIpc) is 2.40. The van der Waals surface area contributed by atoms with Crippen molar-refractivity contribution >= 4 is 5.78 Å². The number of benzene rings is 1. The van der Waals surface area contributed by atoms with Gasteiger partial charge in [0.25, 0.3) is 0 Å². The highest BCUT2D eigenvalue weighted by Gasteiger charge is 2.42. The number of rotatable bonds is 5. The maximum absolute atomic E-state index is 14.4. The second-order valence-corrected chi connectivity index (χ2v) is 5.86. The first-order valence-corrected chi connectivity index (χ1v) is 7.39. The Balaban J connectivity index is 2.16. The third-order valence-corrected chi connectivity index (χ3v) is 4.15. The van der Waals surface area contributed by atoms with Crippen LogP contribution >= 0.6 is 0 Å². The summed E-state index contributed by atoms with van der Waals surface area (Å²) in [5, 5.41) is 0. The van der Waals surface area contributed by atoms with Gasteiger partial charge in [-0.25, -0.2) is 4.39 Å². The summed E-state index contributed by atoms with van der Waals surface area (Å²) in [5.41, 5.74) is -0.0394. The summed E-state index contributed by atoms with van der Waals surface area (Å²) < 4.78 is 14.4. The van der Waals surface area contributed by atoms with Gasteiger partial charge in [0, 0.05) is 5.56 Å². The van der Waals surface area contributed by atoms with Crippen LogP contribution in [0, 0.1) is 0 Å². The normalized spacial score (nSPS) is 26.3. The summed E-state index contributed by atoms with van der Waals surface area (Å²) in [5.74, 6) is -0.145. The van der Waals surface area contributed by atoms with Gasteiger partial charge < -0.3 is 0 Å². The second-order valence-electron chi connectivity index (χ2n) is 5.86. The molecule has 1 aliphatic rings. The number of alkyl halides is 1. The van der Waals surface area contributed by atoms with Crippen LogP contribution in [0.15, 0.2) is 24.3 Å². The van der Waals surface area contributed by atoms with Crippen LogP contribution in [0.2, 0.25) is 0 Å². The number of carbonyl (C=O) groups excluding carboxylic acids is 1. The van der Waals surface area contributed by atoms with Gasteiger partial charge in [-0.15, -0.1) is 0 Å². The summed E-state index contributed by atoms with van der Waals surface area (Å²) >= 11 is 0. The molecule has 0 fully saturated rings. The number of hydrogen-bond donors (Lipinski definition) is 0. The predicted octanol–water partition coefficient (Wildman–Crippen LogP) is 5.06. The van der Waals surface area contributed by atoms with Crippen molar-refractivity contribution in [2.24, 2.45) is 0 Å². The van der Waals surface area contributed by atoms with Crippen LogP contribution in [0.4, 0.5) is 4.39 Å². The highest BCUT2D eigenvalue weighted by molar-refractivity contribution is 6.04. The van der Waals surface area contributed by atoms with Gasteiger partial charge in [0.05, 0.1) is 0 Å². The minimum atomic E-state index is -1.69. The zero-order valence-corrected chi connectivity index (χ0v) is 11.9. The maximum atomic E-state index is 14.4. The van der Waals surface area contributed by atoms with Crippen molar-refractivity contribution in [3.05, 3.63) is 35.4 Å². The van der Waals surface area contributed by atoms with Gasteiger partial charge in [-0.3, -0.25) is 4.79 Å². The van der Waals surface area contributed by atoms with Crippen molar-refractivity contribution in [3.8, 4) is 0 Å². The molecule has 0 N–H and O–H groups in total. The molecule has 2 atom stereocenters. The van der Waals surface area contributed by atoms with Crippen molar-refractivity contribution in [2.45, 2.75) is 64.0 Å². The van der Waals surface area contributed by atoms with Crippen LogP contribution in [-0.4, -0.2) is 11.5 Å². The Morgan fingerprint density at radius 1 is 1.26 bits per heavy atom. The van der Waals surface area contributed by atoms with Gasteiger partial charge in [-0.2, -0.15) is 0 Å². The summed E-state index contributed by atoms with van der Waals surface area (Å²) in [6.07, 6.45) is 6.10. The Bertz CT molecular complexity index is 450. The van der Waals surface area contributed by atoms with E-state index in [9.17, 15) is 9.18 Å². The van der Waals surface area contributed by atoms with Crippen LogP contribution in [0.5, 0.6) is 0 Å². The molecule has 0 bridgehead atoms. The third kappa shape index (κ3) is 3.05. The topological polar surface area (TPSA) is 17.1 Å². The zero-order valence-electron chi connectivity index (χ0n) is 11.9. The molecule has 19 heavy (non-hydrogen) atoms. The Hall–Kier alpha value is -1.18. The molecule has 0 heterocycles. The summed E-state index contributed by atoms with van der Waals surface area (Å²) in [6.45, 7) is 3.62. The monoisotopic (exact) mass is 262 g/mol.